The highest BCUT2D eigenvalue weighted by Gasteiger charge is 2.39. The Morgan fingerprint density at radius 2 is 1.57 bits per heavy atom. The van der Waals surface area contributed by atoms with Crippen LogP contribution in [0.2, 0.25) is 0 Å². The molecule has 35 heavy (non-hydrogen) atoms. The van der Waals surface area contributed by atoms with Gasteiger partial charge >= 0.3 is 0 Å². The van der Waals surface area contributed by atoms with E-state index >= 15 is 0 Å². The first-order valence-electron chi connectivity index (χ1n) is 11.9. The predicted molar refractivity (Wildman–Crippen MR) is 134 cm³/mol. The first kappa shape index (κ1) is 21.5. The lowest BCUT2D eigenvalue weighted by Gasteiger charge is -2.38. The van der Waals surface area contributed by atoms with Crippen molar-refractivity contribution in [3.8, 4) is 0 Å². The predicted octanol–water partition coefficient (Wildman–Crippen LogP) is 4.55. The number of Topliss-reactive ketones (excluding diaryl/α,β-unsaturated/α-hetero) is 1. The number of rotatable bonds is 5. The highest BCUT2D eigenvalue weighted by Crippen LogP contribution is 2.34. The largest absolute Gasteiger partial charge is 0.358 e. The van der Waals surface area contributed by atoms with Crippen molar-refractivity contribution in [3.63, 3.8) is 0 Å². The minimum Gasteiger partial charge on any atom is -0.358 e. The molecule has 0 bridgehead atoms. The van der Waals surface area contributed by atoms with E-state index in [0.29, 0.717) is 23.2 Å². The van der Waals surface area contributed by atoms with E-state index in [1.165, 1.54) is 10.5 Å². The van der Waals surface area contributed by atoms with Crippen LogP contribution in [0.3, 0.4) is 0 Å². The van der Waals surface area contributed by atoms with Gasteiger partial charge in [-0.15, -0.1) is 0 Å². The van der Waals surface area contributed by atoms with Crippen molar-refractivity contribution in [1.29, 1.82) is 0 Å². The van der Waals surface area contributed by atoms with Crippen molar-refractivity contribution in [3.05, 3.63) is 106 Å². The van der Waals surface area contributed by atoms with Gasteiger partial charge in [0.25, 0.3) is 11.8 Å². The molecule has 1 unspecified atom stereocenters. The van der Waals surface area contributed by atoms with Crippen LogP contribution in [0, 0.1) is 6.92 Å². The van der Waals surface area contributed by atoms with Gasteiger partial charge in [0.05, 0.1) is 23.7 Å². The SMILES string of the molecule is Cc1[nH]c2ccccc2c1C(=O)CN1CCc2ccccc2C1CN1C(=O)c2ccccc2C1=O. The van der Waals surface area contributed by atoms with Crippen molar-refractivity contribution < 1.29 is 14.4 Å². The fourth-order valence-electron chi connectivity index (χ4n) is 5.58. The Bertz CT molecular complexity index is 1470. The summed E-state index contributed by atoms with van der Waals surface area (Å²) in [6, 6.07) is 22.6. The van der Waals surface area contributed by atoms with Crippen LogP contribution in [0.1, 0.15) is 53.9 Å². The number of nitrogens with one attached hydrogen (secondary N) is 1. The lowest BCUT2D eigenvalue weighted by molar-refractivity contribution is 0.0574. The molecule has 0 saturated heterocycles. The molecule has 0 spiro atoms. The van der Waals surface area contributed by atoms with Gasteiger partial charge in [-0.2, -0.15) is 0 Å². The van der Waals surface area contributed by atoms with Gasteiger partial charge in [-0.1, -0.05) is 54.6 Å². The van der Waals surface area contributed by atoms with Gasteiger partial charge < -0.3 is 4.98 Å². The summed E-state index contributed by atoms with van der Waals surface area (Å²) < 4.78 is 0. The maximum atomic E-state index is 13.6. The fourth-order valence-corrected chi connectivity index (χ4v) is 5.58. The average molecular weight is 464 g/mol. The Morgan fingerprint density at radius 3 is 2.34 bits per heavy atom. The minimum absolute atomic E-state index is 0.0340. The van der Waals surface area contributed by atoms with E-state index in [9.17, 15) is 14.4 Å². The Balaban J connectivity index is 1.33. The minimum atomic E-state index is -0.271. The van der Waals surface area contributed by atoms with Crippen LogP contribution in [-0.2, 0) is 6.42 Å². The number of ketones is 1. The van der Waals surface area contributed by atoms with Crippen LogP contribution < -0.4 is 0 Å². The quantitative estimate of drug-likeness (QED) is 0.348. The van der Waals surface area contributed by atoms with Crippen LogP contribution >= 0.6 is 0 Å². The second kappa shape index (κ2) is 8.32. The number of imide groups is 1. The molecule has 2 aliphatic heterocycles. The highest BCUT2D eigenvalue weighted by molar-refractivity contribution is 6.21. The molecule has 0 aliphatic carbocycles. The van der Waals surface area contributed by atoms with E-state index in [-0.39, 0.29) is 36.7 Å². The Hall–Kier alpha value is -4.03. The van der Waals surface area contributed by atoms with Crippen molar-refractivity contribution >= 4 is 28.5 Å². The number of hydrogen-bond donors (Lipinski definition) is 1. The molecule has 1 atom stereocenters. The van der Waals surface area contributed by atoms with E-state index in [0.717, 1.165) is 28.6 Å². The molecular formula is C29H25N3O3. The molecule has 0 radical (unpaired) electrons. The number of hydrogen-bond acceptors (Lipinski definition) is 4. The second-order valence-corrected chi connectivity index (χ2v) is 9.30. The molecule has 6 nitrogen and oxygen atoms in total. The number of amides is 2. The summed E-state index contributed by atoms with van der Waals surface area (Å²) in [6.45, 7) is 3.03. The van der Waals surface area contributed by atoms with Crippen LogP contribution in [-0.4, -0.2) is 52.0 Å². The van der Waals surface area contributed by atoms with Crippen molar-refractivity contribution in [2.45, 2.75) is 19.4 Å². The van der Waals surface area contributed by atoms with Gasteiger partial charge in [0.1, 0.15) is 0 Å². The maximum absolute atomic E-state index is 13.6. The summed E-state index contributed by atoms with van der Waals surface area (Å²) in [4.78, 5) is 46.6. The van der Waals surface area contributed by atoms with E-state index < -0.39 is 0 Å². The van der Waals surface area contributed by atoms with Crippen molar-refractivity contribution in [1.82, 2.24) is 14.8 Å². The molecule has 0 saturated carbocycles. The molecule has 1 aromatic heterocycles. The molecule has 6 rings (SSSR count). The molecule has 2 amide bonds. The summed E-state index contributed by atoms with van der Waals surface area (Å²) in [7, 11) is 0. The molecule has 3 aromatic carbocycles. The number of carbonyl (C=O) groups is 3. The molecule has 3 heterocycles. The number of carbonyl (C=O) groups excluding carboxylic acids is 3. The smallest absolute Gasteiger partial charge is 0.261 e. The zero-order chi connectivity index (χ0) is 24.1. The Kier molecular flexibility index (Phi) is 5.11. The second-order valence-electron chi connectivity index (χ2n) is 9.30. The lowest BCUT2D eigenvalue weighted by Crippen LogP contribution is -2.45. The van der Waals surface area contributed by atoms with Crippen molar-refractivity contribution in [2.24, 2.45) is 0 Å². The van der Waals surface area contributed by atoms with Gasteiger partial charge in [-0.3, -0.25) is 24.2 Å². The van der Waals surface area contributed by atoms with Gasteiger partial charge in [0, 0.05) is 35.2 Å². The van der Waals surface area contributed by atoms with Gasteiger partial charge in [-0.05, 0) is 42.7 Å². The summed E-state index contributed by atoms with van der Waals surface area (Å²) in [5, 5.41) is 0.921. The van der Waals surface area contributed by atoms with Gasteiger partial charge in [0.15, 0.2) is 5.78 Å². The first-order chi connectivity index (χ1) is 17.0. The number of benzene rings is 3. The average Bonchev–Trinajstić information content (AvgIpc) is 3.34. The fraction of sp³-hybridized carbons (Fsp3) is 0.207. The number of aromatic nitrogens is 1. The number of nitrogens with zero attached hydrogens (tertiary/aromatic N) is 2. The summed E-state index contributed by atoms with van der Waals surface area (Å²) >= 11 is 0. The molecule has 0 fully saturated rings. The molecule has 1 N–H and O–H groups in total. The highest BCUT2D eigenvalue weighted by atomic mass is 16.2. The van der Waals surface area contributed by atoms with E-state index in [4.69, 9.17) is 0 Å². The lowest BCUT2D eigenvalue weighted by atomic mass is 9.91. The van der Waals surface area contributed by atoms with E-state index in [2.05, 4.69) is 16.0 Å². The zero-order valence-corrected chi connectivity index (χ0v) is 19.5. The summed E-state index contributed by atoms with van der Waals surface area (Å²) in [6.07, 6.45) is 0.814. The number of aryl methyl sites for hydroxylation is 1. The topological polar surface area (TPSA) is 73.5 Å². The van der Waals surface area contributed by atoms with Crippen LogP contribution in [0.25, 0.3) is 10.9 Å². The van der Waals surface area contributed by atoms with E-state index in [1.807, 2.05) is 49.4 Å². The van der Waals surface area contributed by atoms with Crippen LogP contribution in [0.4, 0.5) is 0 Å². The molecule has 6 heteroatoms. The third-order valence-corrected chi connectivity index (χ3v) is 7.28. The van der Waals surface area contributed by atoms with E-state index in [1.54, 1.807) is 24.3 Å². The first-order valence-corrected chi connectivity index (χ1v) is 11.9. The monoisotopic (exact) mass is 463 g/mol. The third-order valence-electron chi connectivity index (χ3n) is 7.28. The number of fused-ring (bicyclic) bond motifs is 3. The maximum Gasteiger partial charge on any atom is 0.261 e. The Labute approximate surface area is 203 Å². The summed E-state index contributed by atoms with van der Waals surface area (Å²) in [5.41, 5.74) is 5.65. The molecule has 2 aliphatic rings. The number of H-pyrrole nitrogens is 1. The van der Waals surface area contributed by atoms with Crippen LogP contribution in [0.5, 0.6) is 0 Å². The molecular weight excluding hydrogens is 438 g/mol. The Morgan fingerprint density at radius 1 is 0.914 bits per heavy atom. The van der Waals surface area contributed by atoms with Crippen LogP contribution in [0.15, 0.2) is 72.8 Å². The zero-order valence-electron chi connectivity index (χ0n) is 19.5. The normalized spacial score (nSPS) is 17.6. The van der Waals surface area contributed by atoms with Gasteiger partial charge in [0.2, 0.25) is 0 Å². The molecule has 4 aromatic rings. The number of para-hydroxylation sites is 1. The third kappa shape index (κ3) is 3.49. The summed E-state index contributed by atoms with van der Waals surface area (Å²) in [5.74, 6) is -0.508. The number of aromatic amines is 1. The van der Waals surface area contributed by atoms with Gasteiger partial charge in [-0.25, -0.2) is 0 Å². The molecule has 174 valence electrons. The van der Waals surface area contributed by atoms with Crippen molar-refractivity contribution in [2.75, 3.05) is 19.6 Å². The standard InChI is InChI=1S/C29H25N3O3/c1-18-27(23-12-6-7-13-24(23)30-18)26(33)17-31-15-14-19-8-2-3-9-20(19)25(31)16-32-28(34)21-10-4-5-11-22(21)29(32)35/h2-13,25,30H,14-17H2,1H3.